The molecule has 0 aliphatic heterocycles. The van der Waals surface area contributed by atoms with E-state index >= 15 is 0 Å². The lowest BCUT2D eigenvalue weighted by molar-refractivity contribution is -0.147. The molecule has 4 heteroatoms. The fourth-order valence-corrected chi connectivity index (χ4v) is 1.59. The van der Waals surface area contributed by atoms with E-state index in [-0.39, 0.29) is 0 Å². The molecule has 0 aromatic carbocycles. The number of nitrogens with two attached hydrogens (primary N) is 1. The summed E-state index contributed by atoms with van der Waals surface area (Å²) in [5.74, 6) is -0.130. The highest BCUT2D eigenvalue weighted by atomic mass is 32.2. The first kappa shape index (κ1) is 12.8. The van der Waals surface area contributed by atoms with Crippen molar-refractivity contribution >= 4 is 17.7 Å². The first-order chi connectivity index (χ1) is 5.75. The fraction of sp³-hybridized carbons (Fsp3) is 0.889. The molecular weight excluding hydrogens is 186 g/mol. The standard InChI is InChI=1S/C9H19NO2S/c1-8(2,3)9(10,7(11)12)5-6-13-4/h5-6,10H2,1-4H3,(H,11,12). The van der Waals surface area contributed by atoms with Crippen molar-refractivity contribution in [2.75, 3.05) is 12.0 Å². The average molecular weight is 205 g/mol. The summed E-state index contributed by atoms with van der Waals surface area (Å²) in [5, 5.41) is 9.06. The van der Waals surface area contributed by atoms with E-state index in [0.29, 0.717) is 6.42 Å². The fourth-order valence-electron chi connectivity index (χ4n) is 1.07. The topological polar surface area (TPSA) is 63.3 Å². The second-order valence-electron chi connectivity index (χ2n) is 4.27. The van der Waals surface area contributed by atoms with Crippen LogP contribution in [-0.4, -0.2) is 28.6 Å². The molecule has 0 heterocycles. The largest absolute Gasteiger partial charge is 0.480 e. The number of carboxylic acid groups (broad SMARTS) is 1. The van der Waals surface area contributed by atoms with Gasteiger partial charge >= 0.3 is 5.97 Å². The molecule has 0 bridgehead atoms. The number of hydrogen-bond acceptors (Lipinski definition) is 3. The zero-order valence-corrected chi connectivity index (χ0v) is 9.57. The highest BCUT2D eigenvalue weighted by Gasteiger charge is 2.44. The molecule has 0 amide bonds. The lowest BCUT2D eigenvalue weighted by Crippen LogP contribution is -2.58. The Labute approximate surface area is 84.1 Å². The van der Waals surface area contributed by atoms with Gasteiger partial charge in [-0.2, -0.15) is 11.8 Å². The summed E-state index contributed by atoms with van der Waals surface area (Å²) in [6, 6.07) is 0. The monoisotopic (exact) mass is 205 g/mol. The summed E-state index contributed by atoms with van der Waals surface area (Å²) in [4.78, 5) is 11.0. The SMILES string of the molecule is CSCCC(N)(C(=O)O)C(C)(C)C. The van der Waals surface area contributed by atoms with Gasteiger partial charge in [0.15, 0.2) is 0 Å². The molecule has 0 radical (unpaired) electrons. The van der Waals surface area contributed by atoms with E-state index in [4.69, 9.17) is 10.8 Å². The van der Waals surface area contributed by atoms with E-state index in [2.05, 4.69) is 0 Å². The Kier molecular flexibility index (Phi) is 4.26. The van der Waals surface area contributed by atoms with Crippen molar-refractivity contribution in [3.05, 3.63) is 0 Å². The molecule has 0 aliphatic rings. The van der Waals surface area contributed by atoms with Crippen LogP contribution in [0, 0.1) is 5.41 Å². The zero-order chi connectivity index (χ0) is 10.7. The molecule has 1 unspecified atom stereocenters. The molecule has 0 fully saturated rings. The Hall–Kier alpha value is -0.220. The molecule has 0 aromatic heterocycles. The highest BCUT2D eigenvalue weighted by molar-refractivity contribution is 7.98. The number of hydrogen-bond donors (Lipinski definition) is 2. The normalized spacial score (nSPS) is 16.7. The Bertz CT molecular complexity index is 189. The summed E-state index contributed by atoms with van der Waals surface area (Å²) < 4.78 is 0. The van der Waals surface area contributed by atoms with Gasteiger partial charge in [-0.15, -0.1) is 0 Å². The molecule has 1 atom stereocenters. The molecular formula is C9H19NO2S. The Morgan fingerprint density at radius 3 is 2.15 bits per heavy atom. The lowest BCUT2D eigenvalue weighted by atomic mass is 9.72. The summed E-state index contributed by atoms with van der Waals surface area (Å²) in [7, 11) is 0. The number of thioether (sulfide) groups is 1. The third kappa shape index (κ3) is 2.88. The maximum Gasteiger partial charge on any atom is 0.324 e. The van der Waals surface area contributed by atoms with Crippen LogP contribution in [0.4, 0.5) is 0 Å². The van der Waals surface area contributed by atoms with Crippen molar-refractivity contribution < 1.29 is 9.90 Å². The molecule has 0 saturated heterocycles. The molecule has 13 heavy (non-hydrogen) atoms. The van der Waals surface area contributed by atoms with E-state index in [9.17, 15) is 4.79 Å². The van der Waals surface area contributed by atoms with Gasteiger partial charge in [0.25, 0.3) is 0 Å². The van der Waals surface area contributed by atoms with E-state index in [1.54, 1.807) is 11.8 Å². The van der Waals surface area contributed by atoms with Crippen LogP contribution >= 0.6 is 11.8 Å². The summed E-state index contributed by atoms with van der Waals surface area (Å²) in [6.07, 6.45) is 2.46. The van der Waals surface area contributed by atoms with Gasteiger partial charge in [-0.3, -0.25) is 4.79 Å². The van der Waals surface area contributed by atoms with Crippen LogP contribution < -0.4 is 5.73 Å². The highest BCUT2D eigenvalue weighted by Crippen LogP contribution is 2.32. The predicted molar refractivity (Wildman–Crippen MR) is 57.0 cm³/mol. The first-order valence-electron chi connectivity index (χ1n) is 4.27. The average Bonchev–Trinajstić information content (AvgIpc) is 1.97. The van der Waals surface area contributed by atoms with Gasteiger partial charge in [0.05, 0.1) is 0 Å². The van der Waals surface area contributed by atoms with Crippen molar-refractivity contribution in [2.45, 2.75) is 32.7 Å². The maximum atomic E-state index is 11.0. The minimum Gasteiger partial charge on any atom is -0.480 e. The van der Waals surface area contributed by atoms with Crippen molar-refractivity contribution in [1.82, 2.24) is 0 Å². The molecule has 0 spiro atoms. The smallest absolute Gasteiger partial charge is 0.324 e. The van der Waals surface area contributed by atoms with Crippen molar-refractivity contribution in [3.8, 4) is 0 Å². The minimum atomic E-state index is -1.12. The van der Waals surface area contributed by atoms with Crippen LogP contribution in [0.1, 0.15) is 27.2 Å². The van der Waals surface area contributed by atoms with E-state index in [1.807, 2.05) is 27.0 Å². The van der Waals surface area contributed by atoms with Crippen LogP contribution in [0.3, 0.4) is 0 Å². The minimum absolute atomic E-state index is 0.408. The number of carbonyl (C=O) groups is 1. The lowest BCUT2D eigenvalue weighted by Gasteiger charge is -2.37. The predicted octanol–water partition coefficient (Wildman–Crippen LogP) is 1.57. The summed E-state index contributed by atoms with van der Waals surface area (Å²) >= 11 is 1.62. The van der Waals surface area contributed by atoms with Crippen LogP contribution in [0.5, 0.6) is 0 Å². The summed E-state index contributed by atoms with van der Waals surface area (Å²) in [5.41, 5.74) is 4.37. The van der Waals surface area contributed by atoms with Crippen LogP contribution in [0.15, 0.2) is 0 Å². The molecule has 3 N–H and O–H groups in total. The van der Waals surface area contributed by atoms with Gasteiger partial charge in [-0.25, -0.2) is 0 Å². The van der Waals surface area contributed by atoms with Crippen molar-refractivity contribution in [2.24, 2.45) is 11.1 Å². The van der Waals surface area contributed by atoms with Gasteiger partial charge in [-0.05, 0) is 23.8 Å². The molecule has 0 rings (SSSR count). The second kappa shape index (κ2) is 4.33. The van der Waals surface area contributed by atoms with E-state index in [1.165, 1.54) is 0 Å². The molecule has 78 valence electrons. The molecule has 0 aliphatic carbocycles. The van der Waals surface area contributed by atoms with Crippen LogP contribution in [0.25, 0.3) is 0 Å². The van der Waals surface area contributed by atoms with Gasteiger partial charge < -0.3 is 10.8 Å². The van der Waals surface area contributed by atoms with Crippen molar-refractivity contribution in [3.63, 3.8) is 0 Å². The van der Waals surface area contributed by atoms with Crippen LogP contribution in [-0.2, 0) is 4.79 Å². The van der Waals surface area contributed by atoms with Crippen LogP contribution in [0.2, 0.25) is 0 Å². The number of rotatable bonds is 4. The van der Waals surface area contributed by atoms with Crippen molar-refractivity contribution in [1.29, 1.82) is 0 Å². The Morgan fingerprint density at radius 1 is 1.46 bits per heavy atom. The van der Waals surface area contributed by atoms with Gasteiger partial charge in [-0.1, -0.05) is 20.8 Å². The first-order valence-corrected chi connectivity index (χ1v) is 5.66. The summed E-state index contributed by atoms with van der Waals surface area (Å²) in [6.45, 7) is 5.59. The third-order valence-corrected chi connectivity index (χ3v) is 3.03. The van der Waals surface area contributed by atoms with Gasteiger partial charge in [0.2, 0.25) is 0 Å². The van der Waals surface area contributed by atoms with E-state index in [0.717, 1.165) is 5.75 Å². The maximum absolute atomic E-state index is 11.0. The number of carboxylic acids is 1. The Morgan fingerprint density at radius 2 is 1.92 bits per heavy atom. The zero-order valence-electron chi connectivity index (χ0n) is 8.76. The molecule has 3 nitrogen and oxygen atoms in total. The molecule has 0 aromatic rings. The van der Waals surface area contributed by atoms with Gasteiger partial charge in [0, 0.05) is 0 Å². The number of aliphatic carboxylic acids is 1. The third-order valence-electron chi connectivity index (χ3n) is 2.42. The second-order valence-corrected chi connectivity index (χ2v) is 5.25. The Balaban J connectivity index is 4.64. The molecule has 0 saturated carbocycles. The quantitative estimate of drug-likeness (QED) is 0.731. The van der Waals surface area contributed by atoms with E-state index < -0.39 is 16.9 Å². The van der Waals surface area contributed by atoms with Gasteiger partial charge in [0.1, 0.15) is 5.54 Å².